The number of hydrogen-bond donors (Lipinski definition) is 1. The van der Waals surface area contributed by atoms with Crippen LogP contribution in [0.5, 0.6) is 0 Å². The maximum Gasteiger partial charge on any atom is 0.275 e. The molecule has 0 unspecified atom stereocenters. The van der Waals surface area contributed by atoms with Gasteiger partial charge >= 0.3 is 0 Å². The van der Waals surface area contributed by atoms with Crippen LogP contribution in [0.2, 0.25) is 5.15 Å². The van der Waals surface area contributed by atoms with Gasteiger partial charge in [-0.3, -0.25) is 18.6 Å². The topological polar surface area (TPSA) is 128 Å². The number of carbonyl (C=O) groups is 1. The van der Waals surface area contributed by atoms with Gasteiger partial charge in [0.1, 0.15) is 17.2 Å². The zero-order chi connectivity index (χ0) is 31.6. The van der Waals surface area contributed by atoms with Crippen molar-refractivity contribution in [3.05, 3.63) is 62.9 Å². The normalized spacial score (nSPS) is 15.4. The molecule has 4 heterocycles. The molecule has 1 atom stereocenters. The summed E-state index contributed by atoms with van der Waals surface area (Å²) in [5.74, 6) is -1.14. The van der Waals surface area contributed by atoms with Crippen molar-refractivity contribution in [3.63, 3.8) is 0 Å². The molecule has 1 amide bonds. The van der Waals surface area contributed by atoms with Gasteiger partial charge in [-0.1, -0.05) is 17.7 Å². The largest absolute Gasteiger partial charge is 0.377 e. The molecule has 0 radical (unpaired) electrons. The fraction of sp³-hybridized carbons (Fsp3) is 0.292. The molecular weight excluding hydrogens is 496 g/mol. The molecule has 0 saturated carbocycles. The molecule has 0 bridgehead atoms. The molecule has 1 aromatic carbocycles. The maximum absolute atomic E-state index is 13.6. The molecule has 0 aliphatic rings. The van der Waals surface area contributed by atoms with Crippen LogP contribution in [0.1, 0.15) is 42.8 Å². The Bertz CT molecular complexity index is 1950. The molecule has 0 aliphatic carbocycles. The summed E-state index contributed by atoms with van der Waals surface area (Å²) in [5, 5.41) is 16.0. The van der Waals surface area contributed by atoms with E-state index in [1.54, 1.807) is 25.2 Å². The maximum atomic E-state index is 13.6. The first kappa shape index (κ1) is 18.0. The number of tetrazole rings is 1. The number of benzene rings is 1. The van der Waals surface area contributed by atoms with Crippen LogP contribution in [0.4, 0.5) is 5.69 Å². The Balaban J connectivity index is 1.71. The smallest absolute Gasteiger partial charge is 0.275 e. The van der Waals surface area contributed by atoms with E-state index in [0.29, 0.717) is 27.8 Å². The molecule has 0 aliphatic heterocycles. The van der Waals surface area contributed by atoms with Gasteiger partial charge in [0, 0.05) is 29.2 Å². The molecule has 0 fully saturated rings. The first-order chi connectivity index (χ1) is 20.0. The van der Waals surface area contributed by atoms with Crippen LogP contribution in [-0.4, -0.2) is 63.9 Å². The van der Waals surface area contributed by atoms with Crippen LogP contribution in [0.15, 0.2) is 35.4 Å². The van der Waals surface area contributed by atoms with Gasteiger partial charge in [-0.25, -0.2) is 9.97 Å². The van der Waals surface area contributed by atoms with E-state index in [4.69, 9.17) is 19.8 Å². The molecule has 12 nitrogen and oxygen atoms in total. The van der Waals surface area contributed by atoms with Gasteiger partial charge < -0.3 is 10.2 Å². The third-order valence-corrected chi connectivity index (χ3v) is 6.16. The Kier molecular flexibility index (Phi) is 4.36. The number of aromatic nitrogens is 8. The minimum atomic E-state index is -3.29. The number of anilines is 1. The minimum Gasteiger partial charge on any atom is -0.377 e. The van der Waals surface area contributed by atoms with E-state index in [1.807, 2.05) is 19.9 Å². The van der Waals surface area contributed by atoms with E-state index >= 15 is 0 Å². The zero-order valence-corrected chi connectivity index (χ0v) is 20.9. The number of fused-ring (bicyclic) bond motifs is 3. The second kappa shape index (κ2) is 8.96. The van der Waals surface area contributed by atoms with Crippen molar-refractivity contribution < 1.29 is 13.0 Å². The summed E-state index contributed by atoms with van der Waals surface area (Å²) in [6, 6.07) is 6.33. The SMILES string of the molecule is [2H]C([2H])([2H])N(C(=O)c1ncn2c3c([C@H](C)Nc4ccc(Cl)nc4-c4nnn(C)n4)cc(C)cc3c(=O)n(C)c12)C([2H])([2H])[2H]. The lowest BCUT2D eigenvalue weighted by molar-refractivity contribution is 0.0824. The number of pyridine rings is 1. The number of hydrogen-bond acceptors (Lipinski definition) is 8. The third kappa shape index (κ3) is 4.08. The zero-order valence-electron chi connectivity index (χ0n) is 26.2. The number of aryl methyl sites for hydroxylation is 3. The highest BCUT2D eigenvalue weighted by atomic mass is 35.5. The number of imidazole rings is 1. The Hall–Kier alpha value is -4.32. The first-order valence-corrected chi connectivity index (χ1v) is 11.4. The Morgan fingerprint density at radius 1 is 1.24 bits per heavy atom. The summed E-state index contributed by atoms with van der Waals surface area (Å²) in [6.07, 6.45) is 1.26. The lowest BCUT2D eigenvalue weighted by Gasteiger charge is -2.21. The van der Waals surface area contributed by atoms with E-state index in [9.17, 15) is 9.59 Å². The highest BCUT2D eigenvalue weighted by Gasteiger charge is 2.24. The minimum absolute atomic E-state index is 0.0732. The molecule has 0 saturated heterocycles. The molecule has 4 aromatic heterocycles. The van der Waals surface area contributed by atoms with E-state index in [0.717, 1.165) is 10.1 Å². The van der Waals surface area contributed by atoms with Gasteiger partial charge in [0.25, 0.3) is 11.5 Å². The Morgan fingerprint density at radius 2 is 2.03 bits per heavy atom. The van der Waals surface area contributed by atoms with E-state index in [1.165, 1.54) is 22.6 Å². The molecule has 5 aromatic rings. The summed E-state index contributed by atoms with van der Waals surface area (Å²) in [6.45, 7) is -2.92. The van der Waals surface area contributed by atoms with Gasteiger partial charge in [-0.15, -0.1) is 10.2 Å². The fourth-order valence-corrected chi connectivity index (χ4v) is 4.49. The summed E-state index contributed by atoms with van der Waals surface area (Å²) in [4.78, 5) is 36.6. The van der Waals surface area contributed by atoms with Gasteiger partial charge in [0.05, 0.1) is 29.7 Å². The van der Waals surface area contributed by atoms with Crippen molar-refractivity contribution in [3.8, 4) is 11.5 Å². The van der Waals surface area contributed by atoms with Crippen molar-refractivity contribution >= 4 is 39.7 Å². The lowest BCUT2D eigenvalue weighted by atomic mass is 10.0. The van der Waals surface area contributed by atoms with Crippen LogP contribution in [-0.2, 0) is 14.1 Å². The standard InChI is InChI=1S/C24H25ClN10O2/c1-12-9-14(13(2)27-16-7-8-17(25)28-18(16)21-29-31-34(6)30-21)20-15(10-12)23(36)33(5)22-19(24(37)32(3)4)26-11-35(20)22/h7-11,13,27H,1-6H3/t13-/m0/s1/i3D3,4D3. The molecule has 1 N–H and O–H groups in total. The second-order valence-corrected chi connectivity index (χ2v) is 8.93. The third-order valence-electron chi connectivity index (χ3n) is 5.95. The quantitative estimate of drug-likeness (QED) is 0.346. The van der Waals surface area contributed by atoms with Crippen LogP contribution >= 0.6 is 11.6 Å². The second-order valence-electron chi connectivity index (χ2n) is 8.54. The van der Waals surface area contributed by atoms with Crippen LogP contribution < -0.4 is 10.9 Å². The Labute approximate surface area is 224 Å². The number of carbonyl (C=O) groups excluding carboxylic acids is 1. The Morgan fingerprint density at radius 3 is 2.73 bits per heavy atom. The van der Waals surface area contributed by atoms with Crippen molar-refractivity contribution in [2.24, 2.45) is 14.1 Å². The van der Waals surface area contributed by atoms with Gasteiger partial charge in [-0.2, -0.15) is 4.80 Å². The highest BCUT2D eigenvalue weighted by molar-refractivity contribution is 6.29. The summed E-state index contributed by atoms with van der Waals surface area (Å²) in [7, 11) is 3.01. The van der Waals surface area contributed by atoms with Crippen molar-refractivity contribution in [2.45, 2.75) is 19.9 Å². The van der Waals surface area contributed by atoms with Crippen molar-refractivity contribution in [1.29, 1.82) is 0 Å². The number of halogens is 1. The van der Waals surface area contributed by atoms with Crippen molar-refractivity contribution in [1.82, 2.24) is 44.0 Å². The predicted molar refractivity (Wildman–Crippen MR) is 140 cm³/mol. The average Bonchev–Trinajstić information content (AvgIpc) is 3.53. The van der Waals surface area contributed by atoms with Crippen LogP contribution in [0.3, 0.4) is 0 Å². The van der Waals surface area contributed by atoms with Crippen LogP contribution in [0, 0.1) is 6.92 Å². The summed E-state index contributed by atoms with van der Waals surface area (Å²) < 4.78 is 48.6. The van der Waals surface area contributed by atoms with Crippen molar-refractivity contribution in [2.75, 3.05) is 19.3 Å². The monoisotopic (exact) mass is 526 g/mol. The van der Waals surface area contributed by atoms with E-state index in [2.05, 4.69) is 30.7 Å². The molecule has 37 heavy (non-hydrogen) atoms. The molecule has 5 rings (SSSR count). The van der Waals surface area contributed by atoms with E-state index < -0.39 is 37.2 Å². The van der Waals surface area contributed by atoms with Gasteiger partial charge in [0.15, 0.2) is 11.3 Å². The molecule has 13 heteroatoms. The van der Waals surface area contributed by atoms with Crippen LogP contribution in [0.25, 0.3) is 28.1 Å². The number of nitrogens with one attached hydrogen (secondary N) is 1. The van der Waals surface area contributed by atoms with Gasteiger partial charge in [0.2, 0.25) is 5.82 Å². The number of amides is 1. The van der Waals surface area contributed by atoms with Gasteiger partial charge in [-0.05, 0) is 48.4 Å². The van der Waals surface area contributed by atoms with E-state index in [-0.39, 0.29) is 21.5 Å². The molecule has 190 valence electrons. The lowest BCUT2D eigenvalue weighted by Crippen LogP contribution is -2.26. The molecular formula is C24H25ClN10O2. The molecule has 0 spiro atoms. The fourth-order valence-electron chi connectivity index (χ4n) is 4.34. The first-order valence-electron chi connectivity index (χ1n) is 14.0. The summed E-state index contributed by atoms with van der Waals surface area (Å²) in [5.41, 5.74) is 1.56. The number of rotatable bonds is 5. The summed E-state index contributed by atoms with van der Waals surface area (Å²) >= 11 is 6.16. The predicted octanol–water partition coefficient (Wildman–Crippen LogP) is 2.61. The highest BCUT2D eigenvalue weighted by Crippen LogP contribution is 2.32. The number of nitrogens with zero attached hydrogens (tertiary/aromatic N) is 9. The average molecular weight is 527 g/mol.